The Balaban J connectivity index is 1.66. The monoisotopic (exact) mass is 411 g/mol. The number of nitrogen functional groups attached to an aromatic ring is 2. The predicted octanol–water partition coefficient (Wildman–Crippen LogP) is 3.29. The van der Waals surface area contributed by atoms with Gasteiger partial charge in [-0.3, -0.25) is 4.79 Å². The van der Waals surface area contributed by atoms with Crippen molar-refractivity contribution >= 4 is 29.2 Å². The Kier molecular flexibility index (Phi) is 6.43. The van der Waals surface area contributed by atoms with Crippen LogP contribution >= 0.6 is 11.8 Å². The van der Waals surface area contributed by atoms with Crippen molar-refractivity contribution < 1.29 is 9.53 Å². The molecular weight excluding hydrogens is 386 g/mol. The maximum atomic E-state index is 12.8. The number of rotatable bonds is 8. The number of benzene rings is 1. The third-order valence-corrected chi connectivity index (χ3v) is 5.58. The molecular formula is C21H25N5O2S. The summed E-state index contributed by atoms with van der Waals surface area (Å²) in [4.78, 5) is 21.0. The van der Waals surface area contributed by atoms with E-state index in [9.17, 15) is 4.79 Å². The first-order chi connectivity index (χ1) is 13.9. The molecule has 0 unspecified atom stereocenters. The van der Waals surface area contributed by atoms with Crippen molar-refractivity contribution in [1.82, 2.24) is 14.5 Å². The van der Waals surface area contributed by atoms with Crippen LogP contribution in [0.1, 0.15) is 27.3 Å². The van der Waals surface area contributed by atoms with Crippen LogP contribution in [-0.2, 0) is 13.0 Å². The van der Waals surface area contributed by atoms with Crippen LogP contribution in [-0.4, -0.2) is 33.2 Å². The van der Waals surface area contributed by atoms with Crippen LogP contribution in [0, 0.1) is 13.8 Å². The SMILES string of the molecule is COc1ccc(CCn2c(C)cc(C(=O)CSc3nc(N)cc(N)n3)c2C)cc1. The second-order valence-corrected chi connectivity index (χ2v) is 7.69. The minimum Gasteiger partial charge on any atom is -0.497 e. The average Bonchev–Trinajstić information content (AvgIpc) is 2.98. The van der Waals surface area contributed by atoms with Gasteiger partial charge in [0.15, 0.2) is 10.9 Å². The number of nitrogens with two attached hydrogens (primary N) is 2. The van der Waals surface area contributed by atoms with Crippen LogP contribution in [0.3, 0.4) is 0 Å². The van der Waals surface area contributed by atoms with Crippen molar-refractivity contribution in [3.63, 3.8) is 0 Å². The number of anilines is 2. The van der Waals surface area contributed by atoms with Gasteiger partial charge in [0.25, 0.3) is 0 Å². The molecule has 2 aromatic heterocycles. The molecule has 0 bridgehead atoms. The zero-order valence-corrected chi connectivity index (χ0v) is 17.6. The van der Waals surface area contributed by atoms with Gasteiger partial charge in [-0.2, -0.15) is 0 Å². The van der Waals surface area contributed by atoms with E-state index in [0.717, 1.165) is 35.7 Å². The topological polar surface area (TPSA) is 109 Å². The largest absolute Gasteiger partial charge is 0.497 e. The van der Waals surface area contributed by atoms with Crippen molar-refractivity contribution in [3.05, 3.63) is 58.9 Å². The number of aryl methyl sites for hydroxylation is 2. The van der Waals surface area contributed by atoms with E-state index in [2.05, 4.69) is 26.7 Å². The van der Waals surface area contributed by atoms with Gasteiger partial charge in [0.1, 0.15) is 17.4 Å². The number of ketones is 1. The number of nitrogens with zero attached hydrogens (tertiary/aromatic N) is 3. The molecule has 4 N–H and O–H groups in total. The molecule has 0 spiro atoms. The summed E-state index contributed by atoms with van der Waals surface area (Å²) in [5.41, 5.74) is 15.3. The minimum atomic E-state index is 0.0309. The number of aromatic nitrogens is 3. The molecule has 8 heteroatoms. The van der Waals surface area contributed by atoms with Gasteiger partial charge in [-0.15, -0.1) is 0 Å². The van der Waals surface area contributed by atoms with E-state index in [-0.39, 0.29) is 11.5 Å². The van der Waals surface area contributed by atoms with Crippen molar-refractivity contribution in [1.29, 1.82) is 0 Å². The van der Waals surface area contributed by atoms with E-state index in [0.29, 0.717) is 16.8 Å². The molecule has 0 aliphatic rings. The molecule has 1 aromatic carbocycles. The Morgan fingerprint density at radius 2 is 1.76 bits per heavy atom. The summed E-state index contributed by atoms with van der Waals surface area (Å²) in [7, 11) is 1.66. The van der Waals surface area contributed by atoms with Crippen LogP contribution < -0.4 is 16.2 Å². The summed E-state index contributed by atoms with van der Waals surface area (Å²) in [6, 6.07) is 11.5. The molecule has 3 aromatic rings. The highest BCUT2D eigenvalue weighted by Gasteiger charge is 2.16. The fraction of sp³-hybridized carbons (Fsp3) is 0.286. The Hall–Kier alpha value is -3.00. The first-order valence-corrected chi connectivity index (χ1v) is 10.2. The summed E-state index contributed by atoms with van der Waals surface area (Å²) in [6.07, 6.45) is 0.874. The molecule has 0 radical (unpaired) electrons. The Labute approximate surface area is 174 Å². The summed E-state index contributed by atoms with van der Waals surface area (Å²) >= 11 is 1.24. The van der Waals surface area contributed by atoms with Gasteiger partial charge in [-0.05, 0) is 44.0 Å². The fourth-order valence-electron chi connectivity index (χ4n) is 3.19. The highest BCUT2D eigenvalue weighted by molar-refractivity contribution is 7.99. The molecule has 0 fully saturated rings. The van der Waals surface area contributed by atoms with Gasteiger partial charge in [-0.25, -0.2) is 9.97 Å². The Morgan fingerprint density at radius 3 is 2.38 bits per heavy atom. The molecule has 29 heavy (non-hydrogen) atoms. The Bertz CT molecular complexity index is 994. The third kappa shape index (κ3) is 5.08. The molecule has 0 saturated heterocycles. The van der Waals surface area contributed by atoms with Crippen molar-refractivity contribution in [2.75, 3.05) is 24.3 Å². The number of thioether (sulfide) groups is 1. The lowest BCUT2D eigenvalue weighted by Gasteiger charge is -2.10. The highest BCUT2D eigenvalue weighted by Crippen LogP contribution is 2.22. The number of Topliss-reactive ketones (excluding diaryl/α,β-unsaturated/α-hetero) is 1. The lowest BCUT2D eigenvalue weighted by molar-refractivity contribution is 0.102. The minimum absolute atomic E-state index is 0.0309. The summed E-state index contributed by atoms with van der Waals surface area (Å²) in [5.74, 6) is 1.70. The first-order valence-electron chi connectivity index (χ1n) is 9.23. The lowest BCUT2D eigenvalue weighted by Crippen LogP contribution is -2.09. The number of carbonyl (C=O) groups is 1. The van der Waals surface area contributed by atoms with E-state index in [1.807, 2.05) is 32.0 Å². The second kappa shape index (κ2) is 9.00. The van der Waals surface area contributed by atoms with E-state index in [1.54, 1.807) is 7.11 Å². The van der Waals surface area contributed by atoms with Gasteiger partial charge in [0.05, 0.1) is 12.9 Å². The second-order valence-electron chi connectivity index (χ2n) is 6.75. The van der Waals surface area contributed by atoms with Crippen LogP contribution in [0.15, 0.2) is 41.6 Å². The molecule has 7 nitrogen and oxygen atoms in total. The zero-order chi connectivity index (χ0) is 21.0. The van der Waals surface area contributed by atoms with E-state index in [4.69, 9.17) is 16.2 Å². The maximum Gasteiger partial charge on any atom is 0.191 e. The van der Waals surface area contributed by atoms with Gasteiger partial charge >= 0.3 is 0 Å². The molecule has 0 atom stereocenters. The first kappa shape index (κ1) is 20.7. The number of methoxy groups -OCH3 is 1. The molecule has 2 heterocycles. The normalized spacial score (nSPS) is 10.9. The van der Waals surface area contributed by atoms with Crippen LogP contribution in [0.25, 0.3) is 0 Å². The number of ether oxygens (including phenoxy) is 1. The summed E-state index contributed by atoms with van der Waals surface area (Å²) in [5, 5.41) is 0.407. The van der Waals surface area contributed by atoms with Crippen molar-refractivity contribution in [3.8, 4) is 5.75 Å². The number of carbonyl (C=O) groups excluding carboxylic acids is 1. The van der Waals surface area contributed by atoms with Crippen LogP contribution in [0.5, 0.6) is 5.75 Å². The van der Waals surface area contributed by atoms with Crippen molar-refractivity contribution in [2.24, 2.45) is 0 Å². The highest BCUT2D eigenvalue weighted by atomic mass is 32.2. The molecule has 152 valence electrons. The Morgan fingerprint density at radius 1 is 1.10 bits per heavy atom. The van der Waals surface area contributed by atoms with Gasteiger partial charge in [-0.1, -0.05) is 23.9 Å². The zero-order valence-electron chi connectivity index (χ0n) is 16.8. The average molecular weight is 412 g/mol. The molecule has 0 aliphatic carbocycles. The standard InChI is InChI=1S/C21H25N5O2S/c1-13-10-17(18(27)12-29-21-24-19(22)11-20(23)25-21)14(2)26(13)9-8-15-4-6-16(28-3)7-5-15/h4-7,10-11H,8-9,12H2,1-3H3,(H4,22,23,24,25). The van der Waals surface area contributed by atoms with E-state index >= 15 is 0 Å². The van der Waals surface area contributed by atoms with E-state index < -0.39 is 0 Å². The summed E-state index contributed by atoms with van der Waals surface area (Å²) < 4.78 is 7.38. The maximum absolute atomic E-state index is 12.8. The third-order valence-electron chi connectivity index (χ3n) is 4.73. The fourth-order valence-corrected chi connectivity index (χ4v) is 3.95. The number of hydrogen-bond donors (Lipinski definition) is 2. The van der Waals surface area contributed by atoms with Crippen LogP contribution in [0.4, 0.5) is 11.6 Å². The van der Waals surface area contributed by atoms with Gasteiger partial charge in [0.2, 0.25) is 0 Å². The van der Waals surface area contributed by atoms with Crippen molar-refractivity contribution in [2.45, 2.75) is 32.0 Å². The van der Waals surface area contributed by atoms with Gasteiger partial charge < -0.3 is 20.8 Å². The quantitative estimate of drug-likeness (QED) is 0.332. The molecule has 3 rings (SSSR count). The summed E-state index contributed by atoms with van der Waals surface area (Å²) in [6.45, 7) is 4.81. The molecule has 0 saturated carbocycles. The molecule has 0 amide bonds. The smallest absolute Gasteiger partial charge is 0.191 e. The van der Waals surface area contributed by atoms with Gasteiger partial charge in [0, 0.05) is 29.6 Å². The predicted molar refractivity (Wildman–Crippen MR) is 117 cm³/mol. The van der Waals surface area contributed by atoms with Crippen LogP contribution in [0.2, 0.25) is 0 Å². The van der Waals surface area contributed by atoms with E-state index in [1.165, 1.54) is 23.4 Å². The molecule has 0 aliphatic heterocycles. The lowest BCUT2D eigenvalue weighted by atomic mass is 10.1. The number of hydrogen-bond acceptors (Lipinski definition) is 7.